The maximum absolute atomic E-state index is 13.9. The lowest BCUT2D eigenvalue weighted by molar-refractivity contribution is 0.274. The summed E-state index contributed by atoms with van der Waals surface area (Å²) in [6.45, 7) is 1.85. The third-order valence-electron chi connectivity index (χ3n) is 2.91. The highest BCUT2D eigenvalue weighted by Crippen LogP contribution is 2.25. The molecule has 0 heterocycles. The Labute approximate surface area is 127 Å². The Morgan fingerprint density at radius 3 is 2.19 bits per heavy atom. The first-order chi connectivity index (χ1) is 9.95. The fourth-order valence-corrected chi connectivity index (χ4v) is 2.10. The maximum atomic E-state index is 13.9. The first-order valence-corrected chi connectivity index (χ1v) is 6.94. The molecule has 0 spiro atoms. The van der Waals surface area contributed by atoms with E-state index < -0.39 is 11.6 Å². The average molecular weight is 312 g/mol. The van der Waals surface area contributed by atoms with Gasteiger partial charge >= 0.3 is 0 Å². The number of benzene rings is 2. The molecule has 0 aliphatic carbocycles. The maximum Gasteiger partial charge on any atom is 0.191 e. The van der Waals surface area contributed by atoms with Gasteiger partial charge in [0.1, 0.15) is 6.61 Å². The lowest BCUT2D eigenvalue weighted by atomic mass is 10.1. The van der Waals surface area contributed by atoms with E-state index in [2.05, 4.69) is 0 Å². The van der Waals surface area contributed by atoms with E-state index in [9.17, 15) is 8.78 Å². The van der Waals surface area contributed by atoms with Crippen LogP contribution in [0.3, 0.4) is 0 Å². The third kappa shape index (κ3) is 4.41. The van der Waals surface area contributed by atoms with Gasteiger partial charge in [0.05, 0.1) is 0 Å². The molecule has 1 unspecified atom stereocenters. The highest BCUT2D eigenvalue weighted by Gasteiger charge is 2.13. The zero-order valence-corrected chi connectivity index (χ0v) is 12.3. The lowest BCUT2D eigenvalue weighted by Crippen LogP contribution is -2.18. The molecule has 2 N–H and O–H groups in total. The molecular weight excluding hydrogens is 296 g/mol. The van der Waals surface area contributed by atoms with Crippen LogP contribution in [-0.4, -0.2) is 6.04 Å². The van der Waals surface area contributed by atoms with E-state index in [1.54, 1.807) is 31.2 Å². The van der Waals surface area contributed by atoms with Gasteiger partial charge < -0.3 is 10.5 Å². The number of rotatable bonds is 5. The molecule has 2 rings (SSSR count). The summed E-state index contributed by atoms with van der Waals surface area (Å²) in [6.07, 6.45) is 0.408. The van der Waals surface area contributed by atoms with Crippen LogP contribution in [0.5, 0.6) is 5.75 Å². The third-order valence-corrected chi connectivity index (χ3v) is 3.16. The number of hydrogen-bond donors (Lipinski definition) is 1. The standard InChI is InChI=1S/C16H16ClF2NO/c1-10(20)6-12-7-14(18)16(15(19)8-12)21-9-11-2-4-13(17)5-3-11/h2-5,7-8,10H,6,9,20H2,1H3. The Morgan fingerprint density at radius 2 is 1.67 bits per heavy atom. The SMILES string of the molecule is CC(N)Cc1cc(F)c(OCc2ccc(Cl)cc2)c(F)c1. The lowest BCUT2D eigenvalue weighted by Gasteiger charge is -2.11. The molecule has 0 aromatic heterocycles. The fourth-order valence-electron chi connectivity index (χ4n) is 1.98. The number of nitrogens with two attached hydrogens (primary N) is 1. The molecule has 0 aliphatic rings. The minimum atomic E-state index is -0.723. The Morgan fingerprint density at radius 1 is 1.10 bits per heavy atom. The quantitative estimate of drug-likeness (QED) is 0.902. The average Bonchev–Trinajstić information content (AvgIpc) is 2.39. The first-order valence-electron chi connectivity index (χ1n) is 6.56. The summed E-state index contributed by atoms with van der Waals surface area (Å²) in [6, 6.07) is 9.21. The molecule has 0 saturated carbocycles. The summed E-state index contributed by atoms with van der Waals surface area (Å²) < 4.78 is 33.0. The summed E-state index contributed by atoms with van der Waals surface area (Å²) in [5, 5.41) is 0.594. The molecule has 0 saturated heterocycles. The zero-order chi connectivity index (χ0) is 15.4. The largest absolute Gasteiger partial charge is 0.483 e. The van der Waals surface area contributed by atoms with Gasteiger partial charge in [-0.05, 0) is 48.7 Å². The molecule has 0 bridgehead atoms. The van der Waals surface area contributed by atoms with Gasteiger partial charge in [0, 0.05) is 11.1 Å². The van der Waals surface area contributed by atoms with Crippen molar-refractivity contribution >= 4 is 11.6 Å². The van der Waals surface area contributed by atoms with Crippen molar-refractivity contribution in [2.75, 3.05) is 0 Å². The summed E-state index contributed by atoms with van der Waals surface area (Å²) >= 11 is 5.77. The predicted octanol–water partition coefficient (Wildman–Crippen LogP) is 4.09. The molecule has 0 fully saturated rings. The second-order valence-corrected chi connectivity index (χ2v) is 5.42. The van der Waals surface area contributed by atoms with E-state index >= 15 is 0 Å². The van der Waals surface area contributed by atoms with Gasteiger partial charge in [-0.25, -0.2) is 8.78 Å². The van der Waals surface area contributed by atoms with Crippen LogP contribution in [0.1, 0.15) is 18.1 Å². The van der Waals surface area contributed by atoms with Gasteiger partial charge in [0.2, 0.25) is 0 Å². The molecule has 2 aromatic carbocycles. The summed E-state index contributed by atoms with van der Waals surface area (Å²) in [5.41, 5.74) is 6.91. The Hall–Kier alpha value is -1.65. The molecule has 0 aliphatic heterocycles. The van der Waals surface area contributed by atoms with E-state index in [4.69, 9.17) is 22.1 Å². The minimum absolute atomic E-state index is 0.0671. The summed E-state index contributed by atoms with van der Waals surface area (Å²) in [4.78, 5) is 0. The second-order valence-electron chi connectivity index (χ2n) is 4.99. The number of hydrogen-bond acceptors (Lipinski definition) is 2. The van der Waals surface area contributed by atoms with Gasteiger partial charge in [0.25, 0.3) is 0 Å². The molecular formula is C16H16ClF2NO. The highest BCUT2D eigenvalue weighted by atomic mass is 35.5. The van der Waals surface area contributed by atoms with E-state index in [0.29, 0.717) is 17.0 Å². The van der Waals surface area contributed by atoms with Gasteiger partial charge in [-0.1, -0.05) is 23.7 Å². The molecule has 1 atom stereocenters. The minimum Gasteiger partial charge on any atom is -0.483 e. The van der Waals surface area contributed by atoms with Crippen molar-refractivity contribution < 1.29 is 13.5 Å². The molecule has 112 valence electrons. The van der Waals surface area contributed by atoms with Crippen LogP contribution in [0.25, 0.3) is 0 Å². The van der Waals surface area contributed by atoms with Crippen molar-refractivity contribution in [2.45, 2.75) is 26.0 Å². The molecule has 0 amide bonds. The summed E-state index contributed by atoms with van der Waals surface area (Å²) in [5.74, 6) is -1.82. The van der Waals surface area contributed by atoms with Crippen molar-refractivity contribution in [2.24, 2.45) is 5.73 Å². The van der Waals surface area contributed by atoms with Crippen molar-refractivity contribution in [3.05, 3.63) is 64.2 Å². The Balaban J connectivity index is 2.11. The number of ether oxygens (including phenoxy) is 1. The smallest absolute Gasteiger partial charge is 0.191 e. The van der Waals surface area contributed by atoms with Gasteiger partial charge in [-0.3, -0.25) is 0 Å². The van der Waals surface area contributed by atoms with Crippen molar-refractivity contribution in [3.8, 4) is 5.75 Å². The Bertz CT molecular complexity index is 591. The second kappa shape index (κ2) is 6.87. The zero-order valence-electron chi connectivity index (χ0n) is 11.6. The molecule has 21 heavy (non-hydrogen) atoms. The molecule has 2 nitrogen and oxygen atoms in total. The van der Waals surface area contributed by atoms with Gasteiger partial charge in [0.15, 0.2) is 17.4 Å². The fraction of sp³-hybridized carbons (Fsp3) is 0.250. The summed E-state index contributed by atoms with van der Waals surface area (Å²) in [7, 11) is 0. The Kier molecular flexibility index (Phi) is 5.15. The van der Waals surface area contributed by atoms with Crippen molar-refractivity contribution in [3.63, 3.8) is 0 Å². The first kappa shape index (κ1) is 15.7. The molecule has 0 radical (unpaired) electrons. The van der Waals surface area contributed by atoms with Gasteiger partial charge in [-0.2, -0.15) is 0 Å². The van der Waals surface area contributed by atoms with Crippen LogP contribution in [0.2, 0.25) is 5.02 Å². The van der Waals surface area contributed by atoms with Crippen LogP contribution in [0.15, 0.2) is 36.4 Å². The monoisotopic (exact) mass is 311 g/mol. The highest BCUT2D eigenvalue weighted by molar-refractivity contribution is 6.30. The predicted molar refractivity (Wildman–Crippen MR) is 79.5 cm³/mol. The van der Waals surface area contributed by atoms with Crippen LogP contribution >= 0.6 is 11.6 Å². The van der Waals surface area contributed by atoms with E-state index in [-0.39, 0.29) is 18.4 Å². The normalized spacial score (nSPS) is 12.2. The van der Waals surface area contributed by atoms with Crippen LogP contribution in [0, 0.1) is 11.6 Å². The molecule has 5 heteroatoms. The van der Waals surface area contributed by atoms with E-state index in [1.807, 2.05) is 0 Å². The molecule has 2 aromatic rings. The van der Waals surface area contributed by atoms with Crippen molar-refractivity contribution in [1.82, 2.24) is 0 Å². The van der Waals surface area contributed by atoms with Gasteiger partial charge in [-0.15, -0.1) is 0 Å². The van der Waals surface area contributed by atoms with E-state index in [0.717, 1.165) is 5.56 Å². The van der Waals surface area contributed by atoms with Crippen LogP contribution in [-0.2, 0) is 13.0 Å². The van der Waals surface area contributed by atoms with Crippen LogP contribution in [0.4, 0.5) is 8.78 Å². The number of halogens is 3. The van der Waals surface area contributed by atoms with Crippen molar-refractivity contribution in [1.29, 1.82) is 0 Å². The van der Waals surface area contributed by atoms with E-state index in [1.165, 1.54) is 12.1 Å². The van der Waals surface area contributed by atoms with Crippen LogP contribution < -0.4 is 10.5 Å². The topological polar surface area (TPSA) is 35.2 Å².